The first-order chi connectivity index (χ1) is 12.3. The van der Waals surface area contributed by atoms with Crippen molar-refractivity contribution in [1.82, 2.24) is 15.3 Å². The minimum atomic E-state index is -0.110. The maximum atomic E-state index is 12.5. The molecular formula is C20H26N4O. The fourth-order valence-corrected chi connectivity index (χ4v) is 3.30. The van der Waals surface area contributed by atoms with E-state index in [0.29, 0.717) is 11.6 Å². The highest BCUT2D eigenvalue weighted by atomic mass is 16.1. The molecule has 0 bridgehead atoms. The predicted octanol–water partition coefficient (Wildman–Crippen LogP) is 4.24. The molecule has 1 saturated carbocycles. The summed E-state index contributed by atoms with van der Waals surface area (Å²) >= 11 is 0. The number of carbonyl (C=O) groups is 1. The first kappa shape index (κ1) is 17.4. The van der Waals surface area contributed by atoms with Gasteiger partial charge in [0.15, 0.2) is 0 Å². The van der Waals surface area contributed by atoms with Gasteiger partial charge in [0.2, 0.25) is 5.95 Å². The number of benzene rings is 1. The van der Waals surface area contributed by atoms with Gasteiger partial charge in [-0.15, -0.1) is 0 Å². The molecule has 0 atom stereocenters. The zero-order valence-corrected chi connectivity index (χ0v) is 14.8. The second kappa shape index (κ2) is 8.60. The van der Waals surface area contributed by atoms with Crippen molar-refractivity contribution in [2.45, 2.75) is 57.9 Å². The summed E-state index contributed by atoms with van der Waals surface area (Å²) in [5.74, 6) is 0.343. The van der Waals surface area contributed by atoms with Gasteiger partial charge >= 0.3 is 0 Å². The molecule has 5 heteroatoms. The van der Waals surface area contributed by atoms with Gasteiger partial charge in [-0.1, -0.05) is 50.8 Å². The topological polar surface area (TPSA) is 66.9 Å². The molecule has 5 nitrogen and oxygen atoms in total. The number of anilines is 2. The molecule has 3 rings (SSSR count). The standard InChI is InChI=1S/C20H26N4O/c1-2-15-9-7-8-12-17(15)23-20-21-14-13-18(24-20)19(25)22-16-10-5-3-4-6-11-16/h7-9,12-14,16H,2-6,10-11H2,1H3,(H,22,25)(H,21,23,24). The van der Waals surface area contributed by atoms with Crippen molar-refractivity contribution in [2.24, 2.45) is 0 Å². The van der Waals surface area contributed by atoms with E-state index in [9.17, 15) is 4.79 Å². The van der Waals surface area contributed by atoms with E-state index >= 15 is 0 Å². The first-order valence-electron chi connectivity index (χ1n) is 9.25. The van der Waals surface area contributed by atoms with Crippen LogP contribution < -0.4 is 10.6 Å². The Balaban J connectivity index is 1.69. The van der Waals surface area contributed by atoms with Crippen LogP contribution in [0.15, 0.2) is 36.5 Å². The minimum Gasteiger partial charge on any atom is -0.348 e. The van der Waals surface area contributed by atoms with Gasteiger partial charge < -0.3 is 10.6 Å². The molecule has 1 aliphatic carbocycles. The van der Waals surface area contributed by atoms with Crippen molar-refractivity contribution in [3.8, 4) is 0 Å². The van der Waals surface area contributed by atoms with Crippen LogP contribution >= 0.6 is 0 Å². The Morgan fingerprint density at radius 2 is 1.88 bits per heavy atom. The van der Waals surface area contributed by atoms with E-state index in [1.165, 1.54) is 31.2 Å². The number of nitrogens with zero attached hydrogens (tertiary/aromatic N) is 2. The van der Waals surface area contributed by atoms with Crippen molar-refractivity contribution in [1.29, 1.82) is 0 Å². The van der Waals surface area contributed by atoms with Gasteiger partial charge in [0, 0.05) is 17.9 Å². The van der Waals surface area contributed by atoms with Crippen molar-refractivity contribution < 1.29 is 4.79 Å². The van der Waals surface area contributed by atoms with Crippen LogP contribution in [-0.2, 0) is 6.42 Å². The molecule has 0 radical (unpaired) electrons. The molecule has 132 valence electrons. The summed E-state index contributed by atoms with van der Waals surface area (Å²) < 4.78 is 0. The summed E-state index contributed by atoms with van der Waals surface area (Å²) in [5.41, 5.74) is 2.58. The highest BCUT2D eigenvalue weighted by Crippen LogP contribution is 2.20. The van der Waals surface area contributed by atoms with Gasteiger partial charge in [0.25, 0.3) is 5.91 Å². The number of carbonyl (C=O) groups excluding carboxylic acids is 1. The van der Waals surface area contributed by atoms with E-state index in [1.807, 2.05) is 18.2 Å². The summed E-state index contributed by atoms with van der Waals surface area (Å²) in [5, 5.41) is 6.36. The van der Waals surface area contributed by atoms with Gasteiger partial charge in [-0.2, -0.15) is 0 Å². The molecule has 1 heterocycles. The lowest BCUT2D eigenvalue weighted by atomic mass is 10.1. The van der Waals surface area contributed by atoms with Crippen LogP contribution in [0.25, 0.3) is 0 Å². The lowest BCUT2D eigenvalue weighted by Gasteiger charge is -2.16. The third kappa shape index (κ3) is 4.78. The van der Waals surface area contributed by atoms with Gasteiger partial charge in [-0.05, 0) is 37.0 Å². The highest BCUT2D eigenvalue weighted by molar-refractivity contribution is 5.92. The predicted molar refractivity (Wildman–Crippen MR) is 100 cm³/mol. The smallest absolute Gasteiger partial charge is 0.270 e. The average Bonchev–Trinajstić information content (AvgIpc) is 2.91. The molecule has 1 aromatic heterocycles. The summed E-state index contributed by atoms with van der Waals surface area (Å²) in [6, 6.07) is 10.0. The quantitative estimate of drug-likeness (QED) is 0.801. The monoisotopic (exact) mass is 338 g/mol. The van der Waals surface area contributed by atoms with Crippen LogP contribution in [0.1, 0.15) is 61.5 Å². The largest absolute Gasteiger partial charge is 0.348 e. The van der Waals surface area contributed by atoms with Crippen LogP contribution in [0, 0.1) is 0 Å². The fraction of sp³-hybridized carbons (Fsp3) is 0.450. The van der Waals surface area contributed by atoms with Crippen molar-refractivity contribution >= 4 is 17.5 Å². The number of amides is 1. The minimum absolute atomic E-state index is 0.110. The highest BCUT2D eigenvalue weighted by Gasteiger charge is 2.17. The van der Waals surface area contributed by atoms with Gasteiger partial charge in [-0.3, -0.25) is 4.79 Å². The Labute approximate surface area is 149 Å². The lowest BCUT2D eigenvalue weighted by Crippen LogP contribution is -2.35. The molecule has 0 spiro atoms. The number of hydrogen-bond donors (Lipinski definition) is 2. The van der Waals surface area contributed by atoms with Crippen molar-refractivity contribution in [2.75, 3.05) is 5.32 Å². The van der Waals surface area contributed by atoms with Crippen molar-refractivity contribution in [3.63, 3.8) is 0 Å². The molecule has 0 unspecified atom stereocenters. The van der Waals surface area contributed by atoms with E-state index in [0.717, 1.165) is 24.9 Å². The third-order valence-electron chi connectivity index (χ3n) is 4.72. The van der Waals surface area contributed by atoms with E-state index in [4.69, 9.17) is 0 Å². The summed E-state index contributed by atoms with van der Waals surface area (Å²) in [4.78, 5) is 21.2. The third-order valence-corrected chi connectivity index (χ3v) is 4.72. The van der Waals surface area contributed by atoms with Crippen LogP contribution in [0.4, 0.5) is 11.6 Å². The molecule has 1 amide bonds. The second-order valence-electron chi connectivity index (χ2n) is 6.56. The molecule has 0 saturated heterocycles. The zero-order chi connectivity index (χ0) is 17.5. The first-order valence-corrected chi connectivity index (χ1v) is 9.25. The normalized spacial score (nSPS) is 15.4. The van der Waals surface area contributed by atoms with Crippen LogP contribution in [-0.4, -0.2) is 21.9 Å². The number of rotatable bonds is 5. The number of aryl methyl sites for hydroxylation is 1. The maximum Gasteiger partial charge on any atom is 0.270 e. The molecule has 0 aliphatic heterocycles. The SMILES string of the molecule is CCc1ccccc1Nc1nccc(C(=O)NC2CCCCCC2)n1. The maximum absolute atomic E-state index is 12.5. The number of hydrogen-bond acceptors (Lipinski definition) is 4. The molecular weight excluding hydrogens is 312 g/mol. The summed E-state index contributed by atoms with van der Waals surface area (Å²) in [6.45, 7) is 2.11. The summed E-state index contributed by atoms with van der Waals surface area (Å²) in [7, 11) is 0. The number of aromatic nitrogens is 2. The van der Waals surface area contributed by atoms with E-state index in [-0.39, 0.29) is 11.9 Å². The van der Waals surface area contributed by atoms with Crippen molar-refractivity contribution in [3.05, 3.63) is 47.8 Å². The number of nitrogens with one attached hydrogen (secondary N) is 2. The van der Waals surface area contributed by atoms with Crippen LogP contribution in [0.3, 0.4) is 0 Å². The van der Waals surface area contributed by atoms with Gasteiger partial charge in [0.05, 0.1) is 0 Å². The van der Waals surface area contributed by atoms with Crippen LogP contribution in [0.2, 0.25) is 0 Å². The van der Waals surface area contributed by atoms with E-state index in [1.54, 1.807) is 12.3 Å². The average molecular weight is 338 g/mol. The summed E-state index contributed by atoms with van der Waals surface area (Å²) in [6.07, 6.45) is 9.59. The molecule has 1 aliphatic rings. The molecule has 25 heavy (non-hydrogen) atoms. The van der Waals surface area contributed by atoms with E-state index in [2.05, 4.69) is 33.6 Å². The Bertz CT molecular complexity index is 708. The Kier molecular flexibility index (Phi) is 5.99. The van der Waals surface area contributed by atoms with E-state index < -0.39 is 0 Å². The van der Waals surface area contributed by atoms with Gasteiger partial charge in [0.1, 0.15) is 5.69 Å². The van der Waals surface area contributed by atoms with Gasteiger partial charge in [-0.25, -0.2) is 9.97 Å². The Hall–Kier alpha value is -2.43. The molecule has 1 fully saturated rings. The lowest BCUT2D eigenvalue weighted by molar-refractivity contribution is 0.0928. The molecule has 2 N–H and O–H groups in total. The number of para-hydroxylation sites is 1. The molecule has 1 aromatic carbocycles. The Morgan fingerprint density at radius 3 is 2.64 bits per heavy atom. The fourth-order valence-electron chi connectivity index (χ4n) is 3.30. The second-order valence-corrected chi connectivity index (χ2v) is 6.56. The zero-order valence-electron chi connectivity index (χ0n) is 14.8. The Morgan fingerprint density at radius 1 is 1.12 bits per heavy atom. The molecule has 2 aromatic rings. The van der Waals surface area contributed by atoms with Crippen LogP contribution in [0.5, 0.6) is 0 Å².